The molecule has 12 heterocycles. The number of nitrogens with zero attached hydrogens (tertiary/aromatic N) is 4. The van der Waals surface area contributed by atoms with Gasteiger partial charge in [0.15, 0.2) is 0 Å². The van der Waals surface area contributed by atoms with E-state index in [2.05, 4.69) is 115 Å². The number of nitrogens with one attached hydrogen (secondary N) is 8. The number of carbonyl (C=O) groups excluding carboxylic acids is 8. The number of carbonyl (C=O) groups is 8. The Bertz CT molecular complexity index is 5860. The quantitative estimate of drug-likeness (QED) is 0.0225. The van der Waals surface area contributed by atoms with E-state index in [0.29, 0.717) is 91.8 Å². The van der Waals surface area contributed by atoms with Crippen LogP contribution in [0.2, 0.25) is 0 Å². The minimum absolute atomic E-state index is 0.136. The normalized spacial score (nSPS) is 16.0. The number of thiophene rings is 8. The third-order valence-electron chi connectivity index (χ3n) is 24.4. The highest BCUT2D eigenvalue weighted by atomic mass is 79.9. The molecule has 0 saturated carbocycles. The summed E-state index contributed by atoms with van der Waals surface area (Å²) in [6, 6.07) is 2.52. The molecule has 8 amide bonds. The number of aromatic nitrogens is 1. The Morgan fingerprint density at radius 1 is 0.348 bits per heavy atom. The largest absolute Gasteiger partial charge is 0.456 e. The zero-order valence-corrected chi connectivity index (χ0v) is 89.4. The summed E-state index contributed by atoms with van der Waals surface area (Å²) in [7, 11) is 4.01. The SMILES string of the molecule is CC(C)(C)OC(=O)c1c(NC(=O)NCc2c(-n3cccc3)sc3c2CCCC3)sc2c1CCC2.CCN1CCc2c(sc(Br)c2CNC(=O)Nc2sc3c(c2C(=O)OC(C)(C)C)CCCCC3)C1.CN1CCc2c(sc(Br)c2CNC(=O)Nc2sc3c(c2C(=O)OC(C)(C)C)CCCCC3)C1.CN1CCc2c(sc(C(F)(F)F)c2CNC(=O)Nc2sc3c(c2C(=O)OC(C)(C)C)CCC3)C1. The van der Waals surface area contributed by atoms with Gasteiger partial charge in [0.05, 0.1) is 29.8 Å². The number of esters is 4. The van der Waals surface area contributed by atoms with E-state index >= 15 is 0 Å². The molecule has 0 radical (unpaired) electrons. The van der Waals surface area contributed by atoms with Crippen LogP contribution >= 0.6 is 123 Å². The molecule has 8 N–H and O–H groups in total. The molecule has 9 aromatic rings. The Kier molecular flexibility index (Phi) is 33.8. The summed E-state index contributed by atoms with van der Waals surface area (Å²) < 4.78 is 68.0. The topological polar surface area (TPSA) is 284 Å². The monoisotopic (exact) mass is 2130 g/mol. The van der Waals surface area contributed by atoms with Crippen LogP contribution in [0.1, 0.15) is 306 Å². The molecule has 0 aromatic carbocycles. The molecule has 732 valence electrons. The summed E-state index contributed by atoms with van der Waals surface area (Å²) in [6.07, 6.45) is 22.3. The molecular formula is C98H125Br2F3N12O12S8. The number of alkyl halides is 3. The molecule has 0 saturated heterocycles. The predicted octanol–water partition coefficient (Wildman–Crippen LogP) is 24.4. The summed E-state index contributed by atoms with van der Waals surface area (Å²) >= 11 is 19.4. The highest BCUT2D eigenvalue weighted by Crippen LogP contribution is 2.48. The lowest BCUT2D eigenvalue weighted by atomic mass is 9.95. The molecule has 37 heteroatoms. The maximum absolute atomic E-state index is 13.7. The Morgan fingerprint density at radius 2 is 0.644 bits per heavy atom. The number of aryl methyl sites for hydroxylation is 5. The van der Waals surface area contributed by atoms with Crippen molar-refractivity contribution in [3.8, 4) is 5.00 Å². The number of urea groups is 4. The van der Waals surface area contributed by atoms with Gasteiger partial charge in [0, 0.05) is 122 Å². The maximum Gasteiger partial charge on any atom is 0.425 e. The number of halogens is 5. The first-order valence-corrected chi connectivity index (χ1v) is 54.9. The van der Waals surface area contributed by atoms with Crippen LogP contribution in [0.4, 0.5) is 52.4 Å². The summed E-state index contributed by atoms with van der Waals surface area (Å²) in [5, 5.41) is 26.6. The van der Waals surface area contributed by atoms with E-state index in [1.807, 2.05) is 97.7 Å². The van der Waals surface area contributed by atoms with Crippen LogP contribution in [0.15, 0.2) is 32.1 Å². The first-order valence-electron chi connectivity index (χ1n) is 46.8. The molecule has 135 heavy (non-hydrogen) atoms. The molecule has 17 rings (SSSR count). The van der Waals surface area contributed by atoms with Crippen LogP contribution in [0.5, 0.6) is 0 Å². The third kappa shape index (κ3) is 26.2. The lowest BCUT2D eigenvalue weighted by Gasteiger charge is -2.25. The number of hydrogen-bond donors (Lipinski definition) is 8. The number of amides is 8. The maximum atomic E-state index is 13.7. The van der Waals surface area contributed by atoms with E-state index < -0.39 is 45.5 Å². The first kappa shape index (κ1) is 103. The Balaban J connectivity index is 0.000000144. The number of rotatable bonds is 18. The second-order valence-electron chi connectivity index (χ2n) is 39.4. The van der Waals surface area contributed by atoms with Gasteiger partial charge in [0.2, 0.25) is 0 Å². The van der Waals surface area contributed by atoms with Gasteiger partial charge in [-0.25, -0.2) is 38.4 Å². The molecule has 0 bridgehead atoms. The van der Waals surface area contributed by atoms with E-state index in [9.17, 15) is 51.5 Å². The smallest absolute Gasteiger partial charge is 0.425 e. The Morgan fingerprint density at radius 3 is 1.02 bits per heavy atom. The zero-order valence-electron chi connectivity index (χ0n) is 79.7. The Labute approximate surface area is 838 Å². The van der Waals surface area contributed by atoms with Crippen molar-refractivity contribution in [3.05, 3.63) is 165 Å². The van der Waals surface area contributed by atoms with Crippen LogP contribution in [0.25, 0.3) is 5.00 Å². The molecular weight excluding hydrogens is 2010 g/mol. The molecule has 0 atom stereocenters. The van der Waals surface area contributed by atoms with Crippen LogP contribution in [0, 0.1) is 0 Å². The Hall–Kier alpha value is -7.53. The van der Waals surface area contributed by atoms with Crippen LogP contribution in [0.3, 0.4) is 0 Å². The van der Waals surface area contributed by atoms with Gasteiger partial charge in [-0.05, 0) is 344 Å². The summed E-state index contributed by atoms with van der Waals surface area (Å²) in [4.78, 5) is 119. The first-order chi connectivity index (χ1) is 63.9. The minimum atomic E-state index is -4.48. The predicted molar refractivity (Wildman–Crippen MR) is 546 cm³/mol. The van der Waals surface area contributed by atoms with Gasteiger partial charge in [-0.3, -0.25) is 26.2 Å². The van der Waals surface area contributed by atoms with Gasteiger partial charge in [-0.1, -0.05) is 19.8 Å². The molecule has 0 fully saturated rings. The van der Waals surface area contributed by atoms with E-state index in [1.165, 1.54) is 120 Å². The van der Waals surface area contributed by atoms with Crippen molar-refractivity contribution in [1.29, 1.82) is 0 Å². The van der Waals surface area contributed by atoms with E-state index in [-0.39, 0.29) is 48.1 Å². The van der Waals surface area contributed by atoms with E-state index in [0.717, 1.165) is 213 Å². The lowest BCUT2D eigenvalue weighted by molar-refractivity contribution is -0.135. The van der Waals surface area contributed by atoms with Crippen molar-refractivity contribution in [2.45, 2.75) is 312 Å². The van der Waals surface area contributed by atoms with Crippen molar-refractivity contribution in [2.24, 2.45) is 0 Å². The average Bonchev–Trinajstić information content (AvgIpc) is 1.64. The van der Waals surface area contributed by atoms with Crippen LogP contribution in [-0.4, -0.2) is 130 Å². The number of fused-ring (bicyclic) bond motifs is 8. The summed E-state index contributed by atoms with van der Waals surface area (Å²) in [5.74, 6) is -1.56. The van der Waals surface area contributed by atoms with Crippen molar-refractivity contribution >= 4 is 191 Å². The molecule has 3 aliphatic heterocycles. The number of hydrogen-bond acceptors (Lipinski definition) is 23. The van der Waals surface area contributed by atoms with Gasteiger partial charge < -0.3 is 54.6 Å². The third-order valence-corrected chi connectivity index (χ3v) is 35.9. The van der Waals surface area contributed by atoms with E-state index in [4.69, 9.17) is 18.9 Å². The lowest BCUT2D eigenvalue weighted by Crippen LogP contribution is -2.31. The van der Waals surface area contributed by atoms with Gasteiger partial charge >= 0.3 is 54.2 Å². The molecule has 24 nitrogen and oxygen atoms in total. The van der Waals surface area contributed by atoms with E-state index in [1.54, 1.807) is 43.4 Å². The second kappa shape index (κ2) is 44.1. The summed E-state index contributed by atoms with van der Waals surface area (Å²) in [6.45, 7) is 31.6. The second-order valence-corrected chi connectivity index (χ2v) is 50.9. The highest BCUT2D eigenvalue weighted by molar-refractivity contribution is 9.11. The number of anilines is 4. The summed E-state index contributed by atoms with van der Waals surface area (Å²) in [5.41, 5.74) is 12.0. The minimum Gasteiger partial charge on any atom is -0.456 e. The fourth-order valence-corrected chi connectivity index (χ4v) is 30.3. The van der Waals surface area contributed by atoms with Gasteiger partial charge in [0.1, 0.15) is 52.3 Å². The molecule has 0 spiro atoms. The van der Waals surface area contributed by atoms with Crippen molar-refractivity contribution in [2.75, 3.05) is 61.5 Å². The van der Waals surface area contributed by atoms with Crippen molar-refractivity contribution < 1.29 is 70.5 Å². The van der Waals surface area contributed by atoms with Crippen LogP contribution < -0.4 is 42.5 Å². The highest BCUT2D eigenvalue weighted by Gasteiger charge is 2.41. The number of ether oxygens (including phenoxy) is 4. The van der Waals surface area contributed by atoms with Crippen LogP contribution in [-0.2, 0) is 154 Å². The van der Waals surface area contributed by atoms with Crippen molar-refractivity contribution in [1.82, 2.24) is 40.5 Å². The zero-order chi connectivity index (χ0) is 96.9. The van der Waals surface area contributed by atoms with Gasteiger partial charge in [0.25, 0.3) is 0 Å². The number of likely N-dealkylation sites (N-methyl/N-ethyl adjacent to an activating group) is 3. The molecule has 9 aromatic heterocycles. The van der Waals surface area contributed by atoms with Crippen molar-refractivity contribution in [3.63, 3.8) is 0 Å². The molecule has 0 unspecified atom stereocenters. The standard InChI is InChI=1S/C26H31N3O3S2.C25H34BrN3O3S2.C24H32BrN3O3S2.C23H28F3N3O3S2/c1-26(2,3)32-24(30)21-17-10-8-12-20(17)33-22(21)28-25(31)27-15-18-16-9-4-5-11-19(16)34-23(18)29-13-6-7-14-29;1-5-29-12-11-15-17(21(26)33-19(15)14-29)13-27-24(31)28-22-20(23(30)32-25(2,3)4)16-9-7-6-8-10-18(16)34-22;1-24(2,3)31-22(29)19-15-8-6-5-7-9-17(15)33-21(19)27-23(30)26-12-16-14-10-11-28(4)13-18(14)32-20(16)25;1-22(2,3)32-20(30)17-13-6-5-7-15(13)34-19(17)28-21(31)27-10-14-12-8-9-29(4)11-16(12)33-18(14)23(24,25)26/h6-7,13-14H,4-5,8-12,15H2,1-3H3,(H2,27,28,31);5-14H2,1-4H3,(H2,27,28,31);5-13H2,1-4H3,(H2,26,27,30);5-11H2,1-4H3,(H2,27,28,31). The van der Waals surface area contributed by atoms with Gasteiger partial charge in [-0.2, -0.15) is 13.2 Å². The molecule has 8 aliphatic rings. The fourth-order valence-electron chi connectivity index (χ4n) is 18.3. The fraction of sp³-hybridized carbons (Fsp3) is 0.551. The average molecular weight is 2140 g/mol. The van der Waals surface area contributed by atoms with Gasteiger partial charge in [-0.15, -0.1) is 90.7 Å². The molecule has 5 aliphatic carbocycles.